The van der Waals surface area contributed by atoms with Gasteiger partial charge in [0.2, 0.25) is 0 Å². The Kier molecular flexibility index (Phi) is 14.4. The second kappa shape index (κ2) is 12.9. The van der Waals surface area contributed by atoms with Crippen LogP contribution in [0.25, 0.3) is 0 Å². The maximum atomic E-state index is 12.0. The second-order valence-corrected chi connectivity index (χ2v) is 4.57. The average Bonchev–Trinajstić information content (AvgIpc) is 2.27. The molecule has 0 radical (unpaired) electrons. The van der Waals surface area contributed by atoms with Crippen LogP contribution in [-0.4, -0.2) is 43.3 Å². The topological polar surface area (TPSA) is 36.4 Å². The molecule has 0 aliphatic carbocycles. The summed E-state index contributed by atoms with van der Waals surface area (Å²) in [7, 11) is 0. The molecule has 8 heteroatoms. The highest BCUT2D eigenvalue weighted by molar-refractivity contribution is 14.0. The summed E-state index contributed by atoms with van der Waals surface area (Å²) in [6, 6.07) is 0. The molecule has 0 aromatic heterocycles. The Labute approximate surface area is 133 Å². The first-order chi connectivity index (χ1) is 8.49. The van der Waals surface area contributed by atoms with Gasteiger partial charge in [-0.1, -0.05) is 6.08 Å². The second-order valence-electron chi connectivity index (χ2n) is 3.42. The van der Waals surface area contributed by atoms with Crippen molar-refractivity contribution in [3.63, 3.8) is 0 Å². The molecule has 0 aliphatic heterocycles. The van der Waals surface area contributed by atoms with Crippen molar-refractivity contribution >= 4 is 41.7 Å². The number of alkyl halides is 3. The first kappa shape index (κ1) is 21.2. The molecule has 0 saturated carbocycles. The molecule has 0 aromatic rings. The molecule has 0 spiro atoms. The van der Waals surface area contributed by atoms with Crippen LogP contribution in [0.15, 0.2) is 17.6 Å². The van der Waals surface area contributed by atoms with Crippen molar-refractivity contribution in [2.45, 2.75) is 19.5 Å². The van der Waals surface area contributed by atoms with Gasteiger partial charge >= 0.3 is 6.18 Å². The van der Waals surface area contributed by atoms with E-state index < -0.39 is 12.6 Å². The van der Waals surface area contributed by atoms with Crippen LogP contribution < -0.4 is 10.6 Å². The molecule has 0 rings (SSSR count). The van der Waals surface area contributed by atoms with Gasteiger partial charge in [-0.25, -0.2) is 0 Å². The lowest BCUT2D eigenvalue weighted by Crippen LogP contribution is -2.38. The Bertz CT molecular complexity index is 260. The van der Waals surface area contributed by atoms with E-state index in [1.165, 1.54) is 0 Å². The van der Waals surface area contributed by atoms with E-state index in [9.17, 15) is 13.2 Å². The van der Waals surface area contributed by atoms with E-state index in [1.807, 2.05) is 13.0 Å². The predicted molar refractivity (Wildman–Crippen MR) is 87.6 cm³/mol. The van der Waals surface area contributed by atoms with Gasteiger partial charge in [-0.3, -0.25) is 4.99 Å². The first-order valence-electron chi connectivity index (χ1n) is 5.77. The van der Waals surface area contributed by atoms with Gasteiger partial charge in [0.05, 0.1) is 13.0 Å². The van der Waals surface area contributed by atoms with Gasteiger partial charge in [0.15, 0.2) is 5.96 Å². The van der Waals surface area contributed by atoms with Crippen LogP contribution in [0.4, 0.5) is 13.2 Å². The average molecular weight is 411 g/mol. The molecular weight excluding hydrogens is 390 g/mol. The first-order valence-corrected chi connectivity index (χ1v) is 6.92. The van der Waals surface area contributed by atoms with Crippen molar-refractivity contribution in [1.29, 1.82) is 0 Å². The zero-order valence-corrected chi connectivity index (χ0v) is 14.1. The van der Waals surface area contributed by atoms with Crippen molar-refractivity contribution < 1.29 is 13.2 Å². The normalized spacial score (nSPS) is 11.7. The van der Waals surface area contributed by atoms with Crippen LogP contribution >= 0.6 is 35.7 Å². The summed E-state index contributed by atoms with van der Waals surface area (Å²) >= 11 is 1.70. The van der Waals surface area contributed by atoms with Crippen molar-refractivity contribution in [3.8, 4) is 0 Å². The molecule has 0 unspecified atom stereocenters. The fraction of sp³-hybridized carbons (Fsp3) is 0.727. The molecule has 19 heavy (non-hydrogen) atoms. The lowest BCUT2D eigenvalue weighted by atomic mass is 10.4. The van der Waals surface area contributed by atoms with Gasteiger partial charge in [-0.2, -0.15) is 24.9 Å². The van der Waals surface area contributed by atoms with Gasteiger partial charge < -0.3 is 10.6 Å². The van der Waals surface area contributed by atoms with Crippen molar-refractivity contribution in [1.82, 2.24) is 10.6 Å². The number of halogens is 4. The smallest absolute Gasteiger partial charge is 0.357 e. The Morgan fingerprint density at radius 2 is 2.05 bits per heavy atom. The number of nitrogens with zero attached hydrogens (tertiary/aromatic N) is 1. The summed E-state index contributed by atoms with van der Waals surface area (Å²) in [6.07, 6.45) is -3.23. The quantitative estimate of drug-likeness (QED) is 0.212. The van der Waals surface area contributed by atoms with Crippen molar-refractivity contribution in [3.05, 3.63) is 12.7 Å². The minimum Gasteiger partial charge on any atom is -0.357 e. The Morgan fingerprint density at radius 1 is 1.37 bits per heavy atom. The lowest BCUT2D eigenvalue weighted by Gasteiger charge is -2.11. The largest absolute Gasteiger partial charge is 0.390 e. The van der Waals surface area contributed by atoms with E-state index in [0.717, 1.165) is 11.5 Å². The highest BCUT2D eigenvalue weighted by atomic mass is 127. The SMILES string of the molecule is C=CCSCCNC(=NCCC(F)(F)F)NCC.I. The fourth-order valence-corrected chi connectivity index (χ4v) is 1.62. The summed E-state index contributed by atoms with van der Waals surface area (Å²) in [5.41, 5.74) is 0. The van der Waals surface area contributed by atoms with Crippen LogP contribution in [0.2, 0.25) is 0 Å². The van der Waals surface area contributed by atoms with E-state index in [2.05, 4.69) is 22.2 Å². The summed E-state index contributed by atoms with van der Waals surface area (Å²) < 4.78 is 35.9. The molecule has 0 heterocycles. The summed E-state index contributed by atoms with van der Waals surface area (Å²) in [5, 5.41) is 5.88. The van der Waals surface area contributed by atoms with E-state index in [1.54, 1.807) is 11.8 Å². The van der Waals surface area contributed by atoms with Gasteiger partial charge in [0.1, 0.15) is 0 Å². The van der Waals surface area contributed by atoms with Crippen molar-refractivity contribution in [2.75, 3.05) is 31.1 Å². The third kappa shape index (κ3) is 15.8. The van der Waals surface area contributed by atoms with E-state index in [4.69, 9.17) is 0 Å². The Morgan fingerprint density at radius 3 is 2.58 bits per heavy atom. The molecule has 0 aromatic carbocycles. The van der Waals surface area contributed by atoms with Crippen molar-refractivity contribution in [2.24, 2.45) is 4.99 Å². The number of aliphatic imine (C=N–C) groups is 1. The number of rotatable bonds is 8. The number of hydrogen-bond acceptors (Lipinski definition) is 2. The number of hydrogen-bond donors (Lipinski definition) is 2. The molecule has 3 nitrogen and oxygen atoms in total. The van der Waals surface area contributed by atoms with E-state index in [0.29, 0.717) is 19.0 Å². The van der Waals surface area contributed by atoms with Crippen LogP contribution in [-0.2, 0) is 0 Å². The molecule has 0 saturated heterocycles. The van der Waals surface area contributed by atoms with E-state index >= 15 is 0 Å². The van der Waals surface area contributed by atoms with Gasteiger partial charge in [0, 0.05) is 24.6 Å². The zero-order valence-electron chi connectivity index (χ0n) is 10.9. The summed E-state index contributed by atoms with van der Waals surface area (Å²) in [5.74, 6) is 2.15. The Hall–Kier alpha value is -0.120. The van der Waals surface area contributed by atoms with Gasteiger partial charge in [0.25, 0.3) is 0 Å². The molecule has 114 valence electrons. The van der Waals surface area contributed by atoms with Crippen LogP contribution in [0, 0.1) is 0 Å². The highest BCUT2D eigenvalue weighted by Crippen LogP contribution is 2.18. The number of nitrogens with one attached hydrogen (secondary N) is 2. The fourth-order valence-electron chi connectivity index (χ4n) is 1.04. The number of thioether (sulfide) groups is 1. The molecule has 0 aliphatic rings. The molecule has 0 fully saturated rings. The molecule has 2 N–H and O–H groups in total. The molecule has 0 amide bonds. The summed E-state index contributed by atoms with van der Waals surface area (Å²) in [6.45, 7) is 6.51. The monoisotopic (exact) mass is 411 g/mol. The highest BCUT2D eigenvalue weighted by Gasteiger charge is 2.26. The third-order valence-electron chi connectivity index (χ3n) is 1.78. The minimum absolute atomic E-state index is 0. The van der Waals surface area contributed by atoms with Gasteiger partial charge in [-0.15, -0.1) is 30.6 Å². The Balaban J connectivity index is 0. The molecular formula is C11H21F3IN3S. The van der Waals surface area contributed by atoms with E-state index in [-0.39, 0.29) is 30.5 Å². The summed E-state index contributed by atoms with van der Waals surface area (Å²) in [4.78, 5) is 3.86. The standard InChI is InChI=1S/C11H20F3N3S.HI/c1-3-8-18-9-7-17-10(15-4-2)16-6-5-11(12,13)14;/h3H,1,4-9H2,2H3,(H2,15,16,17);1H. The molecule has 0 bridgehead atoms. The van der Waals surface area contributed by atoms with Crippen LogP contribution in [0.5, 0.6) is 0 Å². The number of guanidine groups is 1. The minimum atomic E-state index is -4.15. The lowest BCUT2D eigenvalue weighted by molar-refractivity contribution is -0.132. The van der Waals surface area contributed by atoms with Crippen LogP contribution in [0.3, 0.4) is 0 Å². The zero-order chi connectivity index (χ0) is 13.9. The maximum Gasteiger partial charge on any atom is 0.390 e. The molecule has 0 atom stereocenters. The maximum absolute atomic E-state index is 12.0. The third-order valence-corrected chi connectivity index (χ3v) is 2.75. The van der Waals surface area contributed by atoms with Gasteiger partial charge in [-0.05, 0) is 6.92 Å². The van der Waals surface area contributed by atoms with Crippen LogP contribution in [0.1, 0.15) is 13.3 Å². The predicted octanol–water partition coefficient (Wildman–Crippen LogP) is 3.03.